The molecule has 1 unspecified atom stereocenters. The summed E-state index contributed by atoms with van der Waals surface area (Å²) < 4.78 is -0.421. The first-order valence-electron chi connectivity index (χ1n) is 5.18. The molecule has 0 spiro atoms. The number of rotatable bonds is 4. The number of aliphatic hydroxyl groups is 1. The SMILES string of the molecule is C[N+](C)(C(=O)c1ccccc1)C(CO)C(=O)O. The van der Waals surface area contributed by atoms with E-state index in [0.717, 1.165) is 0 Å². The van der Waals surface area contributed by atoms with Crippen LogP contribution in [0, 0.1) is 0 Å². The fourth-order valence-electron chi connectivity index (χ4n) is 1.61. The molecule has 0 saturated carbocycles. The summed E-state index contributed by atoms with van der Waals surface area (Å²) in [7, 11) is 2.95. The summed E-state index contributed by atoms with van der Waals surface area (Å²) in [4.78, 5) is 23.2. The van der Waals surface area contributed by atoms with Gasteiger partial charge in [0.2, 0.25) is 6.04 Å². The molecule has 92 valence electrons. The van der Waals surface area contributed by atoms with Gasteiger partial charge in [-0.25, -0.2) is 14.1 Å². The molecular weight excluding hydrogens is 222 g/mol. The summed E-state index contributed by atoms with van der Waals surface area (Å²) in [5.74, 6) is -1.53. The van der Waals surface area contributed by atoms with E-state index in [9.17, 15) is 9.59 Å². The van der Waals surface area contributed by atoms with E-state index in [4.69, 9.17) is 10.2 Å². The molecule has 0 aliphatic rings. The second-order valence-electron chi connectivity index (χ2n) is 4.25. The molecule has 1 aromatic rings. The number of amides is 1. The highest BCUT2D eigenvalue weighted by Crippen LogP contribution is 2.14. The minimum atomic E-state index is -1.19. The predicted octanol–water partition coefficient (Wildman–Crippen LogP) is 0.349. The topological polar surface area (TPSA) is 74.6 Å². The molecule has 0 aliphatic heterocycles. The van der Waals surface area contributed by atoms with Gasteiger partial charge in [-0.1, -0.05) is 18.2 Å². The van der Waals surface area contributed by atoms with Gasteiger partial charge in [-0.3, -0.25) is 0 Å². The minimum Gasteiger partial charge on any atom is -0.477 e. The number of aliphatic hydroxyl groups excluding tert-OH is 1. The summed E-state index contributed by atoms with van der Waals surface area (Å²) in [5.41, 5.74) is 0.428. The Morgan fingerprint density at radius 3 is 2.18 bits per heavy atom. The minimum absolute atomic E-state index is 0.341. The maximum absolute atomic E-state index is 12.2. The van der Waals surface area contributed by atoms with Crippen molar-refractivity contribution >= 4 is 11.9 Å². The lowest BCUT2D eigenvalue weighted by Gasteiger charge is -2.31. The zero-order chi connectivity index (χ0) is 13.1. The van der Waals surface area contributed by atoms with Crippen LogP contribution in [-0.2, 0) is 4.79 Å². The number of nitrogens with zero attached hydrogens (tertiary/aromatic N) is 1. The molecule has 0 saturated heterocycles. The fourth-order valence-corrected chi connectivity index (χ4v) is 1.61. The molecule has 1 amide bonds. The number of carbonyl (C=O) groups is 2. The monoisotopic (exact) mass is 238 g/mol. The highest BCUT2D eigenvalue weighted by atomic mass is 16.4. The Balaban J connectivity index is 3.05. The van der Waals surface area contributed by atoms with Crippen LogP contribution < -0.4 is 0 Å². The van der Waals surface area contributed by atoms with Crippen molar-refractivity contribution in [2.24, 2.45) is 0 Å². The summed E-state index contributed by atoms with van der Waals surface area (Å²) in [6.07, 6.45) is 0. The van der Waals surface area contributed by atoms with Crippen LogP contribution in [-0.4, -0.2) is 53.3 Å². The first-order valence-corrected chi connectivity index (χ1v) is 5.18. The number of benzene rings is 1. The maximum Gasteiger partial charge on any atom is 0.365 e. The first-order chi connectivity index (χ1) is 7.91. The van der Waals surface area contributed by atoms with E-state index in [1.54, 1.807) is 30.3 Å². The maximum atomic E-state index is 12.2. The van der Waals surface area contributed by atoms with Gasteiger partial charge in [0, 0.05) is 0 Å². The van der Waals surface area contributed by atoms with Crippen LogP contribution >= 0.6 is 0 Å². The molecule has 2 N–H and O–H groups in total. The number of likely N-dealkylation sites (N-methyl/N-ethyl adjacent to an activating group) is 1. The first kappa shape index (κ1) is 13.3. The number of quaternary nitrogens is 1. The fraction of sp³-hybridized carbons (Fsp3) is 0.333. The quantitative estimate of drug-likeness (QED) is 0.742. The number of carboxylic acids is 1. The molecule has 5 nitrogen and oxygen atoms in total. The van der Waals surface area contributed by atoms with E-state index in [2.05, 4.69) is 0 Å². The van der Waals surface area contributed by atoms with Gasteiger partial charge in [-0.05, 0) is 12.1 Å². The second kappa shape index (κ2) is 5.07. The molecule has 0 aliphatic carbocycles. The number of carbonyl (C=O) groups excluding carboxylic acids is 1. The lowest BCUT2D eigenvalue weighted by Crippen LogP contribution is -2.58. The average Bonchev–Trinajstić information content (AvgIpc) is 2.29. The molecule has 1 rings (SSSR count). The van der Waals surface area contributed by atoms with Crippen molar-refractivity contribution in [1.29, 1.82) is 0 Å². The zero-order valence-electron chi connectivity index (χ0n) is 9.83. The summed E-state index contributed by atoms with van der Waals surface area (Å²) in [6, 6.07) is 7.28. The summed E-state index contributed by atoms with van der Waals surface area (Å²) >= 11 is 0. The van der Waals surface area contributed by atoms with Crippen LogP contribution in [0.1, 0.15) is 10.4 Å². The van der Waals surface area contributed by atoms with Gasteiger partial charge in [0.1, 0.15) is 6.61 Å². The third-order valence-corrected chi connectivity index (χ3v) is 2.78. The van der Waals surface area contributed by atoms with Crippen molar-refractivity contribution in [3.63, 3.8) is 0 Å². The Labute approximate surface area is 99.5 Å². The van der Waals surface area contributed by atoms with E-state index in [0.29, 0.717) is 5.56 Å². The van der Waals surface area contributed by atoms with Gasteiger partial charge in [0.25, 0.3) is 0 Å². The van der Waals surface area contributed by atoms with Crippen LogP contribution in [0.25, 0.3) is 0 Å². The van der Waals surface area contributed by atoms with Gasteiger partial charge in [-0.2, -0.15) is 0 Å². The summed E-state index contributed by atoms with van der Waals surface area (Å²) in [5, 5.41) is 18.1. The summed E-state index contributed by atoms with van der Waals surface area (Å²) in [6.45, 7) is -0.582. The second-order valence-corrected chi connectivity index (χ2v) is 4.25. The Kier molecular flexibility index (Phi) is 3.98. The average molecular weight is 238 g/mol. The molecule has 0 aromatic heterocycles. The van der Waals surface area contributed by atoms with Gasteiger partial charge in [0.15, 0.2) is 0 Å². The molecule has 17 heavy (non-hydrogen) atoms. The standard InChI is InChI=1S/C12H15NO4/c1-13(2,10(8-14)12(16)17)11(15)9-6-4-3-5-7-9/h3-7,10,14H,8H2,1-2H3/p+1. The van der Waals surface area contributed by atoms with Crippen molar-refractivity contribution in [3.8, 4) is 0 Å². The normalized spacial score (nSPS) is 13.1. The van der Waals surface area contributed by atoms with Crippen molar-refractivity contribution in [3.05, 3.63) is 35.9 Å². The number of hydrogen-bond acceptors (Lipinski definition) is 3. The molecule has 0 heterocycles. The zero-order valence-corrected chi connectivity index (χ0v) is 9.83. The molecule has 1 aromatic carbocycles. The Bertz CT molecular complexity index is 414. The Hall–Kier alpha value is -1.72. The van der Waals surface area contributed by atoms with Crippen LogP contribution in [0.5, 0.6) is 0 Å². The van der Waals surface area contributed by atoms with Crippen LogP contribution in [0.4, 0.5) is 0 Å². The van der Waals surface area contributed by atoms with Crippen molar-refractivity contribution in [1.82, 2.24) is 0 Å². The van der Waals surface area contributed by atoms with E-state index in [-0.39, 0.29) is 5.91 Å². The highest BCUT2D eigenvalue weighted by molar-refractivity contribution is 5.90. The molecule has 0 radical (unpaired) electrons. The molecule has 0 fully saturated rings. The highest BCUT2D eigenvalue weighted by Gasteiger charge is 2.41. The lowest BCUT2D eigenvalue weighted by molar-refractivity contribution is -0.826. The van der Waals surface area contributed by atoms with E-state index >= 15 is 0 Å². The van der Waals surface area contributed by atoms with Gasteiger partial charge in [-0.15, -0.1) is 0 Å². The Morgan fingerprint density at radius 2 is 1.76 bits per heavy atom. The van der Waals surface area contributed by atoms with Gasteiger partial charge >= 0.3 is 11.9 Å². The molecule has 5 heteroatoms. The number of hydrogen-bond donors (Lipinski definition) is 2. The smallest absolute Gasteiger partial charge is 0.365 e. The van der Waals surface area contributed by atoms with E-state index in [1.165, 1.54) is 14.1 Å². The third kappa shape index (κ3) is 2.69. The van der Waals surface area contributed by atoms with Crippen molar-refractivity contribution in [2.75, 3.05) is 20.7 Å². The van der Waals surface area contributed by atoms with Crippen molar-refractivity contribution in [2.45, 2.75) is 6.04 Å². The van der Waals surface area contributed by atoms with Crippen LogP contribution in [0.3, 0.4) is 0 Å². The molecule has 0 bridgehead atoms. The van der Waals surface area contributed by atoms with E-state index in [1.807, 2.05) is 0 Å². The number of aliphatic carboxylic acids is 1. The number of carboxylic acid groups (broad SMARTS) is 1. The largest absolute Gasteiger partial charge is 0.477 e. The Morgan fingerprint density at radius 1 is 1.24 bits per heavy atom. The van der Waals surface area contributed by atoms with Crippen molar-refractivity contribution < 1.29 is 24.3 Å². The van der Waals surface area contributed by atoms with Gasteiger partial charge in [0.05, 0.1) is 19.7 Å². The molecular formula is C12H16NO4+. The third-order valence-electron chi connectivity index (χ3n) is 2.78. The van der Waals surface area contributed by atoms with Gasteiger partial charge < -0.3 is 10.2 Å². The van der Waals surface area contributed by atoms with Crippen LogP contribution in [0.2, 0.25) is 0 Å². The molecule has 1 atom stereocenters. The van der Waals surface area contributed by atoms with Crippen LogP contribution in [0.15, 0.2) is 30.3 Å². The lowest BCUT2D eigenvalue weighted by atomic mass is 10.1. The predicted molar refractivity (Wildman–Crippen MR) is 61.4 cm³/mol. The van der Waals surface area contributed by atoms with E-state index < -0.39 is 23.1 Å².